The third kappa shape index (κ3) is 3.98. The highest BCUT2D eigenvalue weighted by atomic mass is 32.2. The van der Waals surface area contributed by atoms with E-state index in [1.165, 1.54) is 12.1 Å². The number of carboxylic acid groups (broad SMARTS) is 1. The predicted octanol–water partition coefficient (Wildman–Crippen LogP) is 1.04. The van der Waals surface area contributed by atoms with Crippen LogP contribution in [0.25, 0.3) is 0 Å². The second kappa shape index (κ2) is 6.07. The summed E-state index contributed by atoms with van der Waals surface area (Å²) >= 11 is 0. The van der Waals surface area contributed by atoms with Crippen LogP contribution < -0.4 is 0 Å². The summed E-state index contributed by atoms with van der Waals surface area (Å²) < 4.78 is 50.1. The monoisotopic (exact) mass is 319 g/mol. The van der Waals surface area contributed by atoms with E-state index in [4.69, 9.17) is 5.11 Å². The quantitative estimate of drug-likeness (QED) is 0.897. The van der Waals surface area contributed by atoms with Gasteiger partial charge in [0.2, 0.25) is 0 Å². The maximum Gasteiger partial charge on any atom is 0.304 e. The largest absolute Gasteiger partial charge is 0.481 e. The Labute approximate surface area is 121 Å². The molecule has 1 unspecified atom stereocenters. The summed E-state index contributed by atoms with van der Waals surface area (Å²) in [5.41, 5.74) is 0.0877. The summed E-state index contributed by atoms with van der Waals surface area (Å²) in [7, 11) is -3.29. The van der Waals surface area contributed by atoms with Gasteiger partial charge >= 0.3 is 5.97 Å². The Kier molecular flexibility index (Phi) is 4.58. The molecular weight excluding hydrogens is 304 g/mol. The number of benzene rings is 1. The molecule has 0 radical (unpaired) electrons. The number of aliphatic carboxylic acids is 1. The lowest BCUT2D eigenvalue weighted by Crippen LogP contribution is -2.48. The van der Waals surface area contributed by atoms with Crippen LogP contribution in [0.2, 0.25) is 0 Å². The highest BCUT2D eigenvalue weighted by molar-refractivity contribution is 7.91. The lowest BCUT2D eigenvalue weighted by atomic mass is 10.1. The van der Waals surface area contributed by atoms with Crippen LogP contribution in [-0.4, -0.2) is 48.5 Å². The first kappa shape index (κ1) is 15.8. The van der Waals surface area contributed by atoms with Crippen LogP contribution in [0.4, 0.5) is 8.78 Å². The summed E-state index contributed by atoms with van der Waals surface area (Å²) in [6, 6.07) is 3.03. The third-order valence-electron chi connectivity index (χ3n) is 3.47. The third-order valence-corrected chi connectivity index (χ3v) is 5.16. The van der Waals surface area contributed by atoms with Gasteiger partial charge in [-0.1, -0.05) is 12.1 Å². The number of carbonyl (C=O) groups is 1. The molecule has 0 aliphatic carbocycles. The van der Waals surface area contributed by atoms with Crippen LogP contribution in [0.1, 0.15) is 12.0 Å². The topological polar surface area (TPSA) is 74.7 Å². The van der Waals surface area contributed by atoms with E-state index in [9.17, 15) is 22.0 Å². The van der Waals surface area contributed by atoms with Crippen molar-refractivity contribution in [1.82, 2.24) is 4.90 Å². The normalized spacial score (nSPS) is 22.1. The summed E-state index contributed by atoms with van der Waals surface area (Å²) in [5, 5.41) is 8.86. The van der Waals surface area contributed by atoms with Crippen LogP contribution in [0.15, 0.2) is 18.2 Å². The fourth-order valence-corrected chi connectivity index (χ4v) is 4.00. The van der Waals surface area contributed by atoms with Gasteiger partial charge in [-0.25, -0.2) is 17.2 Å². The van der Waals surface area contributed by atoms with Crippen molar-refractivity contribution in [2.75, 3.05) is 18.1 Å². The molecule has 0 spiro atoms. The number of nitrogens with zero attached hydrogens (tertiary/aromatic N) is 1. The molecule has 5 nitrogen and oxygen atoms in total. The highest BCUT2D eigenvalue weighted by Gasteiger charge is 2.33. The van der Waals surface area contributed by atoms with E-state index in [0.717, 1.165) is 6.07 Å². The first-order valence-electron chi connectivity index (χ1n) is 6.37. The SMILES string of the molecule is O=C(O)CC1CS(=O)(=O)CCN1Cc1cccc(F)c1F. The summed E-state index contributed by atoms with van der Waals surface area (Å²) in [6.45, 7) is 0.0906. The Morgan fingerprint density at radius 1 is 1.38 bits per heavy atom. The molecule has 1 aromatic carbocycles. The van der Waals surface area contributed by atoms with Crippen LogP contribution in [0.3, 0.4) is 0 Å². The standard InChI is InChI=1S/C13H15F2NO4S/c14-11-3-1-2-9(13(11)15)7-16-4-5-21(19,20)8-10(16)6-12(17)18/h1-3,10H,4-8H2,(H,17,18). The molecule has 0 saturated carbocycles. The summed E-state index contributed by atoms with van der Waals surface area (Å²) in [6.07, 6.45) is -0.351. The van der Waals surface area contributed by atoms with Gasteiger partial charge in [-0.3, -0.25) is 9.69 Å². The van der Waals surface area contributed by atoms with Gasteiger partial charge in [-0.2, -0.15) is 0 Å². The molecule has 1 atom stereocenters. The fourth-order valence-electron chi connectivity index (χ4n) is 2.41. The van der Waals surface area contributed by atoms with Crippen LogP contribution in [0, 0.1) is 11.6 Å². The van der Waals surface area contributed by atoms with Gasteiger partial charge in [0.1, 0.15) is 0 Å². The highest BCUT2D eigenvalue weighted by Crippen LogP contribution is 2.20. The van der Waals surface area contributed by atoms with Crippen molar-refractivity contribution in [1.29, 1.82) is 0 Å². The Morgan fingerprint density at radius 3 is 2.76 bits per heavy atom. The van der Waals surface area contributed by atoms with Gasteiger partial charge in [0.15, 0.2) is 21.5 Å². The van der Waals surface area contributed by atoms with Gasteiger partial charge in [0.05, 0.1) is 17.9 Å². The minimum atomic E-state index is -3.29. The number of sulfone groups is 1. The van der Waals surface area contributed by atoms with Gasteiger partial charge in [-0.05, 0) is 6.07 Å². The molecular formula is C13H15F2NO4S. The van der Waals surface area contributed by atoms with Crippen LogP contribution in [-0.2, 0) is 21.2 Å². The molecule has 1 fully saturated rings. The van der Waals surface area contributed by atoms with Crippen molar-refractivity contribution < 1.29 is 27.1 Å². The van der Waals surface area contributed by atoms with E-state index < -0.39 is 33.5 Å². The molecule has 0 aromatic heterocycles. The maximum absolute atomic E-state index is 13.7. The zero-order valence-electron chi connectivity index (χ0n) is 11.1. The zero-order valence-corrected chi connectivity index (χ0v) is 11.9. The first-order valence-corrected chi connectivity index (χ1v) is 8.20. The van der Waals surface area contributed by atoms with E-state index in [1.807, 2.05) is 0 Å². The molecule has 1 saturated heterocycles. The molecule has 1 aliphatic heterocycles. The second-order valence-corrected chi connectivity index (χ2v) is 7.28. The average molecular weight is 319 g/mol. The molecule has 0 amide bonds. The van der Waals surface area contributed by atoms with E-state index in [1.54, 1.807) is 4.90 Å². The number of halogens is 2. The smallest absolute Gasteiger partial charge is 0.304 e. The molecule has 2 rings (SSSR count). The minimum absolute atomic E-state index is 0.0168. The maximum atomic E-state index is 13.7. The van der Waals surface area contributed by atoms with Crippen molar-refractivity contribution in [2.24, 2.45) is 0 Å². The van der Waals surface area contributed by atoms with E-state index in [0.29, 0.717) is 0 Å². The van der Waals surface area contributed by atoms with Gasteiger partial charge in [-0.15, -0.1) is 0 Å². The first-order chi connectivity index (χ1) is 9.78. The lowest BCUT2D eigenvalue weighted by molar-refractivity contribution is -0.138. The molecule has 1 aromatic rings. The molecule has 116 valence electrons. The Hall–Kier alpha value is -1.54. The van der Waals surface area contributed by atoms with Crippen molar-refractivity contribution in [3.05, 3.63) is 35.4 Å². The van der Waals surface area contributed by atoms with Crippen LogP contribution in [0.5, 0.6) is 0 Å². The molecule has 1 N–H and O–H groups in total. The van der Waals surface area contributed by atoms with Crippen molar-refractivity contribution >= 4 is 15.8 Å². The Morgan fingerprint density at radius 2 is 2.10 bits per heavy atom. The van der Waals surface area contributed by atoms with E-state index in [-0.39, 0.29) is 36.6 Å². The van der Waals surface area contributed by atoms with Gasteiger partial charge in [0.25, 0.3) is 0 Å². The number of carboxylic acids is 1. The Bertz CT molecular complexity index is 648. The second-order valence-electron chi connectivity index (χ2n) is 5.05. The molecule has 1 heterocycles. The van der Waals surface area contributed by atoms with Gasteiger partial charge in [0, 0.05) is 24.7 Å². The summed E-state index contributed by atoms with van der Waals surface area (Å²) in [5.74, 6) is -3.48. The molecule has 8 heteroatoms. The lowest BCUT2D eigenvalue weighted by Gasteiger charge is -2.34. The number of hydrogen-bond acceptors (Lipinski definition) is 4. The summed E-state index contributed by atoms with van der Waals surface area (Å²) in [4.78, 5) is 12.4. The number of hydrogen-bond donors (Lipinski definition) is 1. The van der Waals surface area contributed by atoms with Crippen molar-refractivity contribution in [3.8, 4) is 0 Å². The van der Waals surface area contributed by atoms with Crippen molar-refractivity contribution in [3.63, 3.8) is 0 Å². The molecule has 21 heavy (non-hydrogen) atoms. The van der Waals surface area contributed by atoms with E-state index in [2.05, 4.69) is 0 Å². The van der Waals surface area contributed by atoms with E-state index >= 15 is 0 Å². The fraction of sp³-hybridized carbons (Fsp3) is 0.462. The minimum Gasteiger partial charge on any atom is -0.481 e. The molecule has 0 bridgehead atoms. The van der Waals surface area contributed by atoms with Crippen molar-refractivity contribution in [2.45, 2.75) is 19.0 Å². The van der Waals surface area contributed by atoms with Crippen LogP contribution >= 0.6 is 0 Å². The van der Waals surface area contributed by atoms with Gasteiger partial charge < -0.3 is 5.11 Å². The Balaban J connectivity index is 2.20. The molecule has 1 aliphatic rings. The predicted molar refractivity (Wildman–Crippen MR) is 71.5 cm³/mol. The zero-order chi connectivity index (χ0) is 15.6. The average Bonchev–Trinajstić information content (AvgIpc) is 2.36. The number of rotatable bonds is 4.